The molecule has 17 rings (SSSR count). The SMILES string of the molecule is c1cc2ccc3ccc(-c4sc(-c5ccc6ccc7cccc8ccc5c6c78)c(-c5ccc6ccc7cccc8ccc5c6c78)c4-c4ccc5ccc6cccc7ccc4c5c67)c4ccc(c1)c2c34. The largest absolute Gasteiger partial charge is 0.134 e. The van der Waals surface area contributed by atoms with E-state index in [4.69, 9.17) is 0 Å². The van der Waals surface area contributed by atoms with Gasteiger partial charge in [-0.2, -0.15) is 0 Å². The molecule has 0 fully saturated rings. The van der Waals surface area contributed by atoms with Gasteiger partial charge in [0, 0.05) is 32.0 Å². The second-order valence-electron chi connectivity index (χ2n) is 19.4. The molecule has 0 amide bonds. The van der Waals surface area contributed by atoms with Gasteiger partial charge in [-0.15, -0.1) is 11.3 Å². The molecule has 0 bridgehead atoms. The Balaban J connectivity index is 1.10. The quantitative estimate of drug-likeness (QED) is 0.155. The summed E-state index contributed by atoms with van der Waals surface area (Å²) in [6.07, 6.45) is 0. The molecule has 0 unspecified atom stereocenters. The molecule has 1 aromatic heterocycles. The van der Waals surface area contributed by atoms with E-state index in [9.17, 15) is 0 Å². The van der Waals surface area contributed by atoms with Gasteiger partial charge in [0.1, 0.15) is 0 Å². The molecule has 0 nitrogen and oxygen atoms in total. The molecule has 0 aliphatic carbocycles. The first kappa shape index (κ1) is 36.5. The van der Waals surface area contributed by atoms with Crippen molar-refractivity contribution < 1.29 is 0 Å². The number of benzene rings is 16. The van der Waals surface area contributed by atoms with Crippen LogP contribution in [0.2, 0.25) is 0 Å². The van der Waals surface area contributed by atoms with Crippen LogP contribution in [0, 0.1) is 0 Å². The molecule has 0 saturated heterocycles. The van der Waals surface area contributed by atoms with Crippen LogP contribution in [0.3, 0.4) is 0 Å². The van der Waals surface area contributed by atoms with E-state index in [2.05, 4.69) is 218 Å². The van der Waals surface area contributed by atoms with Crippen molar-refractivity contribution in [2.24, 2.45) is 0 Å². The third-order valence-corrected chi connectivity index (χ3v) is 17.3. The minimum atomic E-state index is 1.27. The minimum Gasteiger partial charge on any atom is -0.134 e. The van der Waals surface area contributed by atoms with Crippen LogP contribution in [-0.4, -0.2) is 0 Å². The summed E-state index contributed by atoms with van der Waals surface area (Å²) in [5, 5.41) is 31.2. The monoisotopic (exact) mass is 884 g/mol. The Morgan fingerprint density at radius 3 is 0.652 bits per heavy atom. The highest BCUT2D eigenvalue weighted by molar-refractivity contribution is 7.20. The first-order valence-corrected chi connectivity index (χ1v) is 24.9. The van der Waals surface area contributed by atoms with Gasteiger partial charge >= 0.3 is 0 Å². The van der Waals surface area contributed by atoms with E-state index in [1.54, 1.807) is 0 Å². The fourth-order valence-electron chi connectivity index (χ4n) is 13.1. The van der Waals surface area contributed by atoms with Crippen molar-refractivity contribution in [3.05, 3.63) is 218 Å². The third-order valence-electron chi connectivity index (χ3n) is 16.1. The molecular formula is C68H36S. The molecule has 0 radical (unpaired) electrons. The van der Waals surface area contributed by atoms with Crippen molar-refractivity contribution in [2.45, 2.75) is 0 Å². The van der Waals surface area contributed by atoms with Crippen molar-refractivity contribution in [3.63, 3.8) is 0 Å². The molecular weight excluding hydrogens is 849 g/mol. The fourth-order valence-corrected chi connectivity index (χ4v) is 14.5. The van der Waals surface area contributed by atoms with Gasteiger partial charge in [-0.1, -0.05) is 218 Å². The molecule has 0 aliphatic rings. The van der Waals surface area contributed by atoms with Gasteiger partial charge < -0.3 is 0 Å². The van der Waals surface area contributed by atoms with Gasteiger partial charge in [0.25, 0.3) is 0 Å². The zero-order valence-electron chi connectivity index (χ0n) is 37.2. The lowest BCUT2D eigenvalue weighted by Crippen LogP contribution is -1.93. The highest BCUT2D eigenvalue weighted by Crippen LogP contribution is 2.58. The molecule has 69 heavy (non-hydrogen) atoms. The number of hydrogen-bond donors (Lipinski definition) is 0. The maximum absolute atomic E-state index is 2.44. The smallest absolute Gasteiger partial charge is 0.0440 e. The second-order valence-corrected chi connectivity index (χ2v) is 20.4. The summed E-state index contributed by atoms with van der Waals surface area (Å²) < 4.78 is 0. The maximum atomic E-state index is 2.44. The van der Waals surface area contributed by atoms with Gasteiger partial charge in [-0.05, 0) is 140 Å². The van der Waals surface area contributed by atoms with Gasteiger partial charge in [-0.25, -0.2) is 0 Å². The first-order chi connectivity index (χ1) is 34.2. The van der Waals surface area contributed by atoms with Crippen molar-refractivity contribution in [1.82, 2.24) is 0 Å². The number of thiophene rings is 1. The molecule has 0 saturated carbocycles. The molecule has 17 aromatic rings. The Morgan fingerprint density at radius 2 is 0.377 bits per heavy atom. The van der Waals surface area contributed by atoms with E-state index in [0.717, 1.165) is 0 Å². The average molecular weight is 885 g/mol. The Hall–Kier alpha value is -8.62. The van der Waals surface area contributed by atoms with Crippen LogP contribution < -0.4 is 0 Å². The standard InChI is InChI=1S/C68H36S/c1-5-37-13-17-45-25-31-51(49-29-21-41(9-1)57(37)61(45)49)65-66(52-32-26-46-18-14-38-6-2-10-42-22-30-50(52)62(46)58(38)42)68(56-36-28-48-20-16-40-8-4-12-44-24-34-54(56)64(48)60(40)44)69-67(65)55-35-27-47-19-15-39-7-3-11-43-23-33-53(55)63(47)59(39)43/h1-36H. The summed E-state index contributed by atoms with van der Waals surface area (Å²) in [4.78, 5) is 2.59. The van der Waals surface area contributed by atoms with Gasteiger partial charge in [-0.3, -0.25) is 0 Å². The normalized spacial score (nSPS) is 12.6. The molecule has 0 aliphatic heterocycles. The van der Waals surface area contributed by atoms with Crippen LogP contribution in [0.4, 0.5) is 0 Å². The van der Waals surface area contributed by atoms with Crippen LogP contribution in [-0.2, 0) is 0 Å². The summed E-state index contributed by atoms with van der Waals surface area (Å²) in [7, 11) is 0. The fraction of sp³-hybridized carbons (Fsp3) is 0. The van der Waals surface area contributed by atoms with Crippen LogP contribution >= 0.6 is 11.3 Å². The van der Waals surface area contributed by atoms with Crippen molar-refractivity contribution in [1.29, 1.82) is 0 Å². The zero-order valence-corrected chi connectivity index (χ0v) is 38.0. The summed E-state index contributed by atoms with van der Waals surface area (Å²) >= 11 is 1.98. The molecule has 16 aromatic carbocycles. The summed E-state index contributed by atoms with van der Waals surface area (Å²) in [5.74, 6) is 0. The van der Waals surface area contributed by atoms with Crippen molar-refractivity contribution >= 4 is 141 Å². The first-order valence-electron chi connectivity index (χ1n) is 24.1. The highest BCUT2D eigenvalue weighted by Gasteiger charge is 2.29. The number of hydrogen-bond acceptors (Lipinski definition) is 1. The summed E-state index contributed by atoms with van der Waals surface area (Å²) in [6.45, 7) is 0. The lowest BCUT2D eigenvalue weighted by molar-refractivity contribution is 1.69. The minimum absolute atomic E-state index is 1.27. The zero-order chi connectivity index (χ0) is 44.6. The predicted molar refractivity (Wildman–Crippen MR) is 301 cm³/mol. The van der Waals surface area contributed by atoms with Gasteiger partial charge in [0.05, 0.1) is 0 Å². The lowest BCUT2D eigenvalue weighted by Gasteiger charge is -2.20. The Labute approximate surface area is 399 Å². The average Bonchev–Trinajstić information content (AvgIpc) is 3.79. The third kappa shape index (κ3) is 4.73. The summed E-state index contributed by atoms with van der Waals surface area (Å²) in [6, 6.07) is 83.7. The van der Waals surface area contributed by atoms with Crippen LogP contribution in [0.15, 0.2) is 218 Å². The topological polar surface area (TPSA) is 0 Å². The van der Waals surface area contributed by atoms with E-state index >= 15 is 0 Å². The van der Waals surface area contributed by atoms with Crippen molar-refractivity contribution in [2.75, 3.05) is 0 Å². The molecule has 0 N–H and O–H groups in total. The van der Waals surface area contributed by atoms with Crippen LogP contribution in [0.25, 0.3) is 172 Å². The molecule has 0 atom stereocenters. The Bertz CT molecular complexity index is 4630. The molecule has 0 spiro atoms. The highest BCUT2D eigenvalue weighted by atomic mass is 32.1. The molecule has 1 heteroatoms. The maximum Gasteiger partial charge on any atom is 0.0440 e. The van der Waals surface area contributed by atoms with Crippen LogP contribution in [0.1, 0.15) is 0 Å². The van der Waals surface area contributed by atoms with E-state index < -0.39 is 0 Å². The van der Waals surface area contributed by atoms with E-state index in [1.807, 2.05) is 11.3 Å². The second kappa shape index (κ2) is 13.1. The summed E-state index contributed by atoms with van der Waals surface area (Å²) in [5.41, 5.74) is 7.67. The van der Waals surface area contributed by atoms with Gasteiger partial charge in [0.15, 0.2) is 0 Å². The van der Waals surface area contributed by atoms with Crippen LogP contribution in [0.5, 0.6) is 0 Å². The van der Waals surface area contributed by atoms with E-state index in [0.29, 0.717) is 0 Å². The Kier molecular flexibility index (Phi) is 6.92. The van der Waals surface area contributed by atoms with Crippen molar-refractivity contribution in [3.8, 4) is 43.1 Å². The number of rotatable bonds is 4. The van der Waals surface area contributed by atoms with E-state index in [-0.39, 0.29) is 0 Å². The Morgan fingerprint density at radius 1 is 0.174 bits per heavy atom. The lowest BCUT2D eigenvalue weighted by atomic mass is 9.82. The predicted octanol–water partition coefficient (Wildman–Crippen LogP) is 20.0. The van der Waals surface area contributed by atoms with E-state index in [1.165, 1.54) is 172 Å². The molecule has 314 valence electrons. The molecule has 1 heterocycles. The van der Waals surface area contributed by atoms with Gasteiger partial charge in [0.2, 0.25) is 0 Å².